The van der Waals surface area contributed by atoms with Crippen LogP contribution in [-0.2, 0) is 13.0 Å². The number of aromatic amines is 1. The van der Waals surface area contributed by atoms with Crippen molar-refractivity contribution >= 4 is 39.3 Å². The highest BCUT2D eigenvalue weighted by molar-refractivity contribution is 6.31. The van der Waals surface area contributed by atoms with Gasteiger partial charge in [-0.3, -0.25) is 14.8 Å². The second-order valence-corrected chi connectivity index (χ2v) is 8.02. The topological polar surface area (TPSA) is 70.7 Å². The van der Waals surface area contributed by atoms with Crippen molar-refractivity contribution in [3.63, 3.8) is 0 Å². The fraction of sp³-hybridized carbons (Fsp3) is 0.0800. The lowest BCUT2D eigenvalue weighted by Crippen LogP contribution is -2.22. The van der Waals surface area contributed by atoms with E-state index in [1.807, 2.05) is 42.6 Å². The average Bonchev–Trinajstić information content (AvgIpc) is 3.19. The first-order chi connectivity index (χ1) is 15.5. The summed E-state index contributed by atoms with van der Waals surface area (Å²) >= 11 is 6.10. The van der Waals surface area contributed by atoms with Gasteiger partial charge in [-0.2, -0.15) is 0 Å². The monoisotopic (exact) mass is 444 g/mol. The van der Waals surface area contributed by atoms with Crippen molar-refractivity contribution in [3.05, 3.63) is 106 Å². The Morgan fingerprint density at radius 3 is 2.88 bits per heavy atom. The number of carbonyl (C=O) groups excluding carboxylic acids is 1. The molecule has 5 rings (SSSR count). The van der Waals surface area contributed by atoms with Gasteiger partial charge >= 0.3 is 0 Å². The van der Waals surface area contributed by atoms with Gasteiger partial charge in [0.2, 0.25) is 0 Å². The largest absolute Gasteiger partial charge is 0.361 e. The Morgan fingerprint density at radius 1 is 1.06 bits per heavy atom. The molecule has 0 aliphatic rings. The number of hydrogen-bond donors (Lipinski definition) is 2. The van der Waals surface area contributed by atoms with Crippen LogP contribution in [0.25, 0.3) is 21.8 Å². The van der Waals surface area contributed by atoms with E-state index in [0.29, 0.717) is 23.6 Å². The highest BCUT2D eigenvalue weighted by atomic mass is 35.5. The minimum atomic E-state index is -0.371. The second kappa shape index (κ2) is 8.40. The van der Waals surface area contributed by atoms with Gasteiger partial charge in [0, 0.05) is 57.9 Å². The maximum absolute atomic E-state index is 13.5. The number of benzene rings is 2. The Labute approximate surface area is 188 Å². The van der Waals surface area contributed by atoms with Gasteiger partial charge in [0.1, 0.15) is 5.82 Å². The highest BCUT2D eigenvalue weighted by Crippen LogP contribution is 2.22. The zero-order chi connectivity index (χ0) is 22.1. The van der Waals surface area contributed by atoms with Gasteiger partial charge in [-0.1, -0.05) is 17.7 Å². The van der Waals surface area contributed by atoms with E-state index in [9.17, 15) is 9.18 Å². The lowest BCUT2D eigenvalue weighted by atomic mass is 10.0. The molecule has 32 heavy (non-hydrogen) atoms. The molecule has 3 heterocycles. The fourth-order valence-electron chi connectivity index (χ4n) is 3.76. The molecule has 0 bridgehead atoms. The Bertz CT molecular complexity index is 1460. The summed E-state index contributed by atoms with van der Waals surface area (Å²) in [5.41, 5.74) is 4.90. The van der Waals surface area contributed by atoms with Crippen molar-refractivity contribution in [2.45, 2.75) is 13.0 Å². The molecule has 7 heteroatoms. The molecule has 0 fully saturated rings. The molecule has 0 atom stereocenters. The van der Waals surface area contributed by atoms with Crippen LogP contribution in [0, 0.1) is 5.82 Å². The minimum absolute atomic E-state index is 0.185. The standard InChI is InChI=1S/C25H18ClFN4O/c26-19-2-4-24-22(11-19)18(12-29-24)13-31-25(32)16-5-6-28-21(10-16)8-15-1-3-23-17(7-15)9-20(27)14-30-23/h1-7,9-12,14,29H,8,13H2,(H,31,32). The van der Waals surface area contributed by atoms with Crippen molar-refractivity contribution in [1.82, 2.24) is 20.3 Å². The van der Waals surface area contributed by atoms with Crippen LogP contribution < -0.4 is 5.32 Å². The van der Waals surface area contributed by atoms with Gasteiger partial charge in [0.25, 0.3) is 5.91 Å². The van der Waals surface area contributed by atoms with Crippen LogP contribution in [0.3, 0.4) is 0 Å². The number of pyridine rings is 2. The van der Waals surface area contributed by atoms with E-state index in [-0.39, 0.29) is 11.7 Å². The summed E-state index contributed by atoms with van der Waals surface area (Å²) in [6, 6.07) is 16.2. The number of amides is 1. The number of halogens is 2. The van der Waals surface area contributed by atoms with Crippen molar-refractivity contribution in [2.24, 2.45) is 0 Å². The number of carbonyl (C=O) groups is 1. The van der Waals surface area contributed by atoms with Crippen molar-refractivity contribution in [2.75, 3.05) is 0 Å². The van der Waals surface area contributed by atoms with Gasteiger partial charge in [-0.15, -0.1) is 0 Å². The first-order valence-corrected chi connectivity index (χ1v) is 10.5. The molecule has 0 aliphatic heterocycles. The third-order valence-electron chi connectivity index (χ3n) is 5.35. The van der Waals surface area contributed by atoms with Gasteiger partial charge in [0.15, 0.2) is 0 Å². The Kier molecular flexibility index (Phi) is 5.29. The number of rotatable bonds is 5. The molecule has 5 aromatic rings. The SMILES string of the molecule is O=C(NCc1c[nH]c2ccc(Cl)cc12)c1ccnc(Cc2ccc3ncc(F)cc3c2)c1. The van der Waals surface area contributed by atoms with Crippen LogP contribution >= 0.6 is 11.6 Å². The zero-order valence-electron chi connectivity index (χ0n) is 16.9. The first-order valence-electron chi connectivity index (χ1n) is 10.1. The molecule has 158 valence electrons. The predicted molar refractivity (Wildman–Crippen MR) is 123 cm³/mol. The molecule has 0 aliphatic carbocycles. The van der Waals surface area contributed by atoms with Crippen molar-refractivity contribution in [1.29, 1.82) is 0 Å². The van der Waals surface area contributed by atoms with Crippen molar-refractivity contribution < 1.29 is 9.18 Å². The summed E-state index contributed by atoms with van der Waals surface area (Å²) in [5.74, 6) is -0.557. The number of nitrogens with zero attached hydrogens (tertiary/aromatic N) is 2. The quantitative estimate of drug-likeness (QED) is 0.380. The van der Waals surface area contributed by atoms with Gasteiger partial charge < -0.3 is 10.3 Å². The molecule has 0 saturated heterocycles. The minimum Gasteiger partial charge on any atom is -0.361 e. The lowest BCUT2D eigenvalue weighted by molar-refractivity contribution is 0.0951. The fourth-order valence-corrected chi connectivity index (χ4v) is 3.94. The molecule has 0 saturated carbocycles. The molecule has 3 aromatic heterocycles. The van der Waals surface area contributed by atoms with E-state index >= 15 is 0 Å². The average molecular weight is 445 g/mol. The molecule has 1 amide bonds. The highest BCUT2D eigenvalue weighted by Gasteiger charge is 2.10. The molecule has 2 N–H and O–H groups in total. The molecule has 2 aromatic carbocycles. The van der Waals surface area contributed by atoms with Gasteiger partial charge in [-0.05, 0) is 59.7 Å². The summed E-state index contributed by atoms with van der Waals surface area (Å²) in [4.78, 5) is 24.4. The summed E-state index contributed by atoms with van der Waals surface area (Å²) in [5, 5.41) is 5.32. The van der Waals surface area contributed by atoms with Crippen LogP contribution in [0.5, 0.6) is 0 Å². The van der Waals surface area contributed by atoms with E-state index < -0.39 is 0 Å². The number of hydrogen-bond acceptors (Lipinski definition) is 3. The molecule has 0 unspecified atom stereocenters. The number of nitrogens with one attached hydrogen (secondary N) is 2. The summed E-state index contributed by atoms with van der Waals surface area (Å²) in [6.45, 7) is 0.375. The maximum atomic E-state index is 13.5. The van der Waals surface area contributed by atoms with E-state index in [0.717, 1.165) is 38.6 Å². The van der Waals surface area contributed by atoms with Gasteiger partial charge in [0.05, 0.1) is 11.7 Å². The van der Waals surface area contributed by atoms with Crippen LogP contribution in [0.15, 0.2) is 73.2 Å². The van der Waals surface area contributed by atoms with E-state index in [2.05, 4.69) is 20.3 Å². The summed E-state index contributed by atoms with van der Waals surface area (Å²) in [7, 11) is 0. The Balaban J connectivity index is 1.31. The Morgan fingerprint density at radius 2 is 1.97 bits per heavy atom. The van der Waals surface area contributed by atoms with Crippen LogP contribution in [0.4, 0.5) is 4.39 Å². The third-order valence-corrected chi connectivity index (χ3v) is 5.58. The normalized spacial score (nSPS) is 11.2. The molecule has 5 nitrogen and oxygen atoms in total. The summed E-state index contributed by atoms with van der Waals surface area (Å²) < 4.78 is 13.5. The van der Waals surface area contributed by atoms with Crippen LogP contribution in [0.2, 0.25) is 5.02 Å². The van der Waals surface area contributed by atoms with E-state index in [1.165, 1.54) is 12.3 Å². The second-order valence-electron chi connectivity index (χ2n) is 7.58. The van der Waals surface area contributed by atoms with Crippen LogP contribution in [-0.4, -0.2) is 20.9 Å². The van der Waals surface area contributed by atoms with Gasteiger partial charge in [-0.25, -0.2) is 4.39 Å². The van der Waals surface area contributed by atoms with E-state index in [1.54, 1.807) is 18.3 Å². The zero-order valence-corrected chi connectivity index (χ0v) is 17.7. The molecular weight excluding hydrogens is 427 g/mol. The maximum Gasteiger partial charge on any atom is 0.251 e. The number of H-pyrrole nitrogens is 1. The van der Waals surface area contributed by atoms with Crippen LogP contribution in [0.1, 0.15) is 27.2 Å². The Hall–Kier alpha value is -3.77. The molecular formula is C25H18ClFN4O. The molecule has 0 spiro atoms. The number of fused-ring (bicyclic) bond motifs is 2. The van der Waals surface area contributed by atoms with E-state index in [4.69, 9.17) is 11.6 Å². The lowest BCUT2D eigenvalue weighted by Gasteiger charge is -2.07. The molecule has 0 radical (unpaired) electrons. The summed E-state index contributed by atoms with van der Waals surface area (Å²) in [6.07, 6.45) is 5.22. The van der Waals surface area contributed by atoms with Crippen molar-refractivity contribution in [3.8, 4) is 0 Å². The predicted octanol–water partition coefficient (Wildman–Crippen LogP) is 5.42. The smallest absolute Gasteiger partial charge is 0.251 e. The number of aromatic nitrogens is 3. The first kappa shape index (κ1) is 20.2. The third kappa shape index (κ3) is 4.18.